The highest BCUT2D eigenvalue weighted by atomic mass is 16.5. The SMILES string of the molecule is COc1ccc(CNC(=O)/C=C/c2ccc(C)o2)cc1OC. The maximum absolute atomic E-state index is 11.8. The number of rotatable bonds is 6. The maximum atomic E-state index is 11.8. The van der Waals surface area contributed by atoms with Crippen LogP contribution in [0.25, 0.3) is 6.08 Å². The van der Waals surface area contributed by atoms with Gasteiger partial charge < -0.3 is 19.2 Å². The fraction of sp³-hybridized carbons (Fsp3) is 0.235. The van der Waals surface area contributed by atoms with Crippen LogP contribution in [0.4, 0.5) is 0 Å². The van der Waals surface area contributed by atoms with Gasteiger partial charge in [0.1, 0.15) is 11.5 Å². The molecule has 5 heteroatoms. The molecule has 0 spiro atoms. The summed E-state index contributed by atoms with van der Waals surface area (Å²) in [5.41, 5.74) is 0.924. The largest absolute Gasteiger partial charge is 0.493 e. The van der Waals surface area contributed by atoms with E-state index in [1.165, 1.54) is 6.08 Å². The van der Waals surface area contributed by atoms with Gasteiger partial charge in [0.05, 0.1) is 14.2 Å². The molecule has 1 amide bonds. The van der Waals surface area contributed by atoms with Crippen molar-refractivity contribution in [3.05, 3.63) is 53.5 Å². The summed E-state index contributed by atoms with van der Waals surface area (Å²) in [5.74, 6) is 2.56. The number of hydrogen-bond donors (Lipinski definition) is 1. The van der Waals surface area contributed by atoms with Crippen molar-refractivity contribution in [3.63, 3.8) is 0 Å². The first-order valence-electron chi connectivity index (χ1n) is 6.85. The van der Waals surface area contributed by atoms with E-state index in [1.807, 2.05) is 37.3 Å². The van der Waals surface area contributed by atoms with Crippen LogP contribution in [0.2, 0.25) is 0 Å². The first kappa shape index (κ1) is 15.7. The number of amides is 1. The van der Waals surface area contributed by atoms with E-state index >= 15 is 0 Å². The van der Waals surface area contributed by atoms with Crippen molar-refractivity contribution in [1.82, 2.24) is 5.32 Å². The summed E-state index contributed by atoms with van der Waals surface area (Å²) in [6.07, 6.45) is 3.08. The average molecular weight is 301 g/mol. The van der Waals surface area contributed by atoms with Crippen molar-refractivity contribution in [2.45, 2.75) is 13.5 Å². The Bertz CT molecular complexity index is 673. The Morgan fingerprint density at radius 1 is 1.18 bits per heavy atom. The molecule has 2 rings (SSSR count). The molecule has 1 heterocycles. The van der Waals surface area contributed by atoms with Gasteiger partial charge in [-0.15, -0.1) is 0 Å². The molecule has 0 aliphatic rings. The molecule has 0 saturated carbocycles. The van der Waals surface area contributed by atoms with Crippen LogP contribution in [0.5, 0.6) is 11.5 Å². The second-order valence-corrected chi connectivity index (χ2v) is 4.69. The van der Waals surface area contributed by atoms with Crippen LogP contribution in [0.3, 0.4) is 0 Å². The quantitative estimate of drug-likeness (QED) is 0.833. The number of nitrogens with one attached hydrogen (secondary N) is 1. The standard InChI is InChI=1S/C17H19NO4/c1-12-4-6-14(22-12)7-9-17(19)18-11-13-5-8-15(20-2)16(10-13)21-3/h4-10H,11H2,1-3H3,(H,18,19)/b9-7+. The first-order valence-corrected chi connectivity index (χ1v) is 6.85. The van der Waals surface area contributed by atoms with Crippen LogP contribution in [0, 0.1) is 6.92 Å². The number of methoxy groups -OCH3 is 2. The molecule has 0 unspecified atom stereocenters. The van der Waals surface area contributed by atoms with Crippen LogP contribution >= 0.6 is 0 Å². The topological polar surface area (TPSA) is 60.7 Å². The second-order valence-electron chi connectivity index (χ2n) is 4.69. The molecule has 0 saturated heterocycles. The summed E-state index contributed by atoms with van der Waals surface area (Å²) in [5, 5.41) is 2.80. The minimum Gasteiger partial charge on any atom is -0.493 e. The van der Waals surface area contributed by atoms with Crippen molar-refractivity contribution in [1.29, 1.82) is 0 Å². The molecule has 2 aromatic rings. The molecule has 0 radical (unpaired) electrons. The van der Waals surface area contributed by atoms with Crippen LogP contribution in [-0.2, 0) is 11.3 Å². The number of aryl methyl sites for hydroxylation is 1. The maximum Gasteiger partial charge on any atom is 0.244 e. The van der Waals surface area contributed by atoms with E-state index in [1.54, 1.807) is 20.3 Å². The molecule has 0 fully saturated rings. The molecule has 0 aliphatic carbocycles. The third-order valence-electron chi connectivity index (χ3n) is 3.07. The molecule has 116 valence electrons. The van der Waals surface area contributed by atoms with E-state index in [4.69, 9.17) is 13.9 Å². The van der Waals surface area contributed by atoms with Crippen molar-refractivity contribution < 1.29 is 18.7 Å². The van der Waals surface area contributed by atoms with E-state index in [2.05, 4.69) is 5.32 Å². The Labute approximate surface area is 129 Å². The van der Waals surface area contributed by atoms with Crippen LogP contribution in [0.15, 0.2) is 40.8 Å². The third-order valence-corrected chi connectivity index (χ3v) is 3.07. The lowest BCUT2D eigenvalue weighted by Crippen LogP contribution is -2.20. The lowest BCUT2D eigenvalue weighted by Gasteiger charge is -2.09. The fourth-order valence-electron chi connectivity index (χ4n) is 1.94. The van der Waals surface area contributed by atoms with Crippen LogP contribution in [0.1, 0.15) is 17.1 Å². The number of furan rings is 1. The van der Waals surface area contributed by atoms with Gasteiger partial charge >= 0.3 is 0 Å². The Morgan fingerprint density at radius 2 is 1.95 bits per heavy atom. The summed E-state index contributed by atoms with van der Waals surface area (Å²) >= 11 is 0. The van der Waals surface area contributed by atoms with Gasteiger partial charge in [-0.2, -0.15) is 0 Å². The summed E-state index contributed by atoms with van der Waals surface area (Å²) in [6, 6.07) is 9.18. The normalized spacial score (nSPS) is 10.7. The first-order chi connectivity index (χ1) is 10.6. The molecular weight excluding hydrogens is 282 g/mol. The van der Waals surface area contributed by atoms with E-state index < -0.39 is 0 Å². The molecule has 0 bridgehead atoms. The average Bonchev–Trinajstić information content (AvgIpc) is 2.96. The minimum absolute atomic E-state index is 0.191. The van der Waals surface area contributed by atoms with Crippen molar-refractivity contribution in [3.8, 4) is 11.5 Å². The summed E-state index contributed by atoms with van der Waals surface area (Å²) in [6.45, 7) is 2.26. The molecule has 5 nitrogen and oxygen atoms in total. The van der Waals surface area contributed by atoms with Crippen molar-refractivity contribution in [2.24, 2.45) is 0 Å². The van der Waals surface area contributed by atoms with Gasteiger partial charge in [0.25, 0.3) is 0 Å². The number of ether oxygens (including phenoxy) is 2. The van der Waals surface area contributed by atoms with Crippen LogP contribution < -0.4 is 14.8 Å². The van der Waals surface area contributed by atoms with Gasteiger partial charge in [-0.05, 0) is 42.8 Å². The summed E-state index contributed by atoms with van der Waals surface area (Å²) in [4.78, 5) is 11.8. The van der Waals surface area contributed by atoms with E-state index in [0.29, 0.717) is 23.8 Å². The fourth-order valence-corrected chi connectivity index (χ4v) is 1.94. The number of carbonyl (C=O) groups excluding carboxylic acids is 1. The molecule has 0 aliphatic heterocycles. The van der Waals surface area contributed by atoms with Crippen molar-refractivity contribution >= 4 is 12.0 Å². The smallest absolute Gasteiger partial charge is 0.244 e. The zero-order chi connectivity index (χ0) is 15.9. The highest BCUT2D eigenvalue weighted by molar-refractivity contribution is 5.91. The number of hydrogen-bond acceptors (Lipinski definition) is 4. The molecule has 1 aromatic heterocycles. The Kier molecular flexibility index (Phi) is 5.25. The molecule has 1 aromatic carbocycles. The van der Waals surface area contributed by atoms with Crippen LogP contribution in [-0.4, -0.2) is 20.1 Å². The van der Waals surface area contributed by atoms with Gasteiger partial charge in [-0.3, -0.25) is 4.79 Å². The van der Waals surface area contributed by atoms with Gasteiger partial charge in [-0.1, -0.05) is 6.07 Å². The minimum atomic E-state index is -0.191. The molecule has 22 heavy (non-hydrogen) atoms. The lowest BCUT2D eigenvalue weighted by atomic mass is 10.2. The Balaban J connectivity index is 1.92. The molecule has 0 atom stereocenters. The summed E-state index contributed by atoms with van der Waals surface area (Å²) < 4.78 is 15.8. The number of carbonyl (C=O) groups is 1. The predicted molar refractivity (Wildman–Crippen MR) is 83.9 cm³/mol. The number of benzene rings is 1. The Morgan fingerprint density at radius 3 is 2.59 bits per heavy atom. The van der Waals surface area contributed by atoms with Gasteiger partial charge in [0.15, 0.2) is 11.5 Å². The van der Waals surface area contributed by atoms with Gasteiger partial charge in [0.2, 0.25) is 5.91 Å². The van der Waals surface area contributed by atoms with Crippen molar-refractivity contribution in [2.75, 3.05) is 14.2 Å². The van der Waals surface area contributed by atoms with Gasteiger partial charge in [-0.25, -0.2) is 0 Å². The molecular formula is C17H19NO4. The second kappa shape index (κ2) is 7.36. The van der Waals surface area contributed by atoms with E-state index in [9.17, 15) is 4.79 Å². The summed E-state index contributed by atoms with van der Waals surface area (Å²) in [7, 11) is 3.16. The highest BCUT2D eigenvalue weighted by Gasteiger charge is 2.05. The predicted octanol–water partition coefficient (Wildman–Crippen LogP) is 2.93. The zero-order valence-electron chi connectivity index (χ0n) is 12.9. The monoisotopic (exact) mass is 301 g/mol. The van der Waals surface area contributed by atoms with E-state index in [0.717, 1.165) is 11.3 Å². The van der Waals surface area contributed by atoms with E-state index in [-0.39, 0.29) is 5.91 Å². The molecule has 1 N–H and O–H groups in total. The van der Waals surface area contributed by atoms with Gasteiger partial charge in [0, 0.05) is 12.6 Å². The Hall–Kier alpha value is -2.69. The zero-order valence-corrected chi connectivity index (χ0v) is 12.9. The lowest BCUT2D eigenvalue weighted by molar-refractivity contribution is -0.116. The highest BCUT2D eigenvalue weighted by Crippen LogP contribution is 2.27. The third kappa shape index (κ3) is 4.15.